The smallest absolute Gasteiger partial charge is 0.254 e. The average Bonchev–Trinajstić information content (AvgIpc) is 3.08. The molecule has 0 unspecified atom stereocenters. The van der Waals surface area contributed by atoms with Gasteiger partial charge in [0.05, 0.1) is 11.1 Å². The maximum Gasteiger partial charge on any atom is 0.254 e. The van der Waals surface area contributed by atoms with Crippen molar-refractivity contribution in [3.63, 3.8) is 0 Å². The van der Waals surface area contributed by atoms with Crippen LogP contribution in [0.5, 0.6) is 0 Å². The van der Waals surface area contributed by atoms with E-state index in [1.807, 2.05) is 24.3 Å². The summed E-state index contributed by atoms with van der Waals surface area (Å²) in [5.74, 6) is 0.187. The van der Waals surface area contributed by atoms with Crippen molar-refractivity contribution in [3.05, 3.63) is 41.1 Å². The summed E-state index contributed by atoms with van der Waals surface area (Å²) in [6, 6.07) is 8.60. The number of aromatic nitrogens is 1. The number of hydrogen-bond donors (Lipinski definition) is 0. The summed E-state index contributed by atoms with van der Waals surface area (Å²) >= 11 is 0. The number of benzene rings is 1. The topological polar surface area (TPSA) is 36.4 Å². The molecule has 1 aromatic heterocycles. The molecule has 0 radical (unpaired) electrons. The third-order valence-electron chi connectivity index (χ3n) is 5.66. The van der Waals surface area contributed by atoms with Gasteiger partial charge in [-0.05, 0) is 44.4 Å². The molecule has 0 aliphatic carbocycles. The largest absolute Gasteiger partial charge is 0.336 e. The van der Waals surface area contributed by atoms with Gasteiger partial charge in [-0.1, -0.05) is 25.1 Å². The van der Waals surface area contributed by atoms with Crippen LogP contribution < -0.4 is 0 Å². The van der Waals surface area contributed by atoms with Crippen molar-refractivity contribution in [1.29, 1.82) is 0 Å². The molecule has 0 saturated carbocycles. The molecular weight excluding hydrogens is 298 g/mol. The minimum Gasteiger partial charge on any atom is -0.336 e. The van der Waals surface area contributed by atoms with Crippen molar-refractivity contribution in [3.8, 4) is 0 Å². The van der Waals surface area contributed by atoms with Gasteiger partial charge in [0, 0.05) is 36.8 Å². The van der Waals surface area contributed by atoms with Crippen LogP contribution >= 0.6 is 0 Å². The summed E-state index contributed by atoms with van der Waals surface area (Å²) in [4.78, 5) is 22.7. The molecule has 126 valence electrons. The Hall–Kier alpha value is -1.94. The van der Waals surface area contributed by atoms with Gasteiger partial charge in [-0.15, -0.1) is 0 Å². The number of aryl methyl sites for hydroxylation is 1. The van der Waals surface area contributed by atoms with E-state index < -0.39 is 0 Å². The molecule has 24 heavy (non-hydrogen) atoms. The Bertz CT molecular complexity index is 786. The van der Waals surface area contributed by atoms with Crippen LogP contribution in [-0.2, 0) is 6.42 Å². The van der Waals surface area contributed by atoms with Gasteiger partial charge in [0.2, 0.25) is 0 Å². The third kappa shape index (κ3) is 2.49. The zero-order valence-electron chi connectivity index (χ0n) is 14.6. The fourth-order valence-corrected chi connectivity index (χ4v) is 4.31. The van der Waals surface area contributed by atoms with E-state index in [-0.39, 0.29) is 5.91 Å². The van der Waals surface area contributed by atoms with Crippen molar-refractivity contribution < 1.29 is 4.79 Å². The first-order chi connectivity index (χ1) is 11.7. The lowest BCUT2D eigenvalue weighted by atomic mass is 9.98. The van der Waals surface area contributed by atoms with Crippen molar-refractivity contribution in [2.24, 2.45) is 0 Å². The highest BCUT2D eigenvalue weighted by Gasteiger charge is 2.33. The molecule has 1 amide bonds. The predicted octanol–water partition coefficient (Wildman–Crippen LogP) is 3.03. The van der Waals surface area contributed by atoms with E-state index in [0.717, 1.165) is 53.8 Å². The number of carbonyl (C=O) groups excluding carboxylic acids is 1. The van der Waals surface area contributed by atoms with Gasteiger partial charge >= 0.3 is 0 Å². The number of rotatable bonds is 2. The van der Waals surface area contributed by atoms with Gasteiger partial charge < -0.3 is 4.90 Å². The molecule has 2 aromatic rings. The number of piperazine rings is 1. The zero-order chi connectivity index (χ0) is 16.7. The fourth-order valence-electron chi connectivity index (χ4n) is 4.31. The Morgan fingerprint density at radius 3 is 2.92 bits per heavy atom. The highest BCUT2D eigenvalue weighted by molar-refractivity contribution is 6.07. The van der Waals surface area contributed by atoms with Gasteiger partial charge in [-0.2, -0.15) is 0 Å². The SMILES string of the molecule is CCc1nc2ccccc2c(C(=O)N2CCN3CCC[C@H]3C2)c1C. The predicted molar refractivity (Wildman–Crippen MR) is 96.4 cm³/mol. The van der Waals surface area contributed by atoms with Crippen LogP contribution in [0, 0.1) is 6.92 Å². The second kappa shape index (κ2) is 6.17. The zero-order valence-corrected chi connectivity index (χ0v) is 14.6. The fraction of sp³-hybridized carbons (Fsp3) is 0.500. The second-order valence-corrected chi connectivity index (χ2v) is 7.01. The Morgan fingerprint density at radius 2 is 2.08 bits per heavy atom. The van der Waals surface area contributed by atoms with Crippen LogP contribution in [0.4, 0.5) is 0 Å². The highest BCUT2D eigenvalue weighted by Crippen LogP contribution is 2.27. The molecule has 2 fully saturated rings. The Labute approximate surface area is 143 Å². The molecule has 1 aromatic carbocycles. The minimum absolute atomic E-state index is 0.187. The van der Waals surface area contributed by atoms with Gasteiger partial charge in [-0.3, -0.25) is 14.7 Å². The number of pyridine rings is 1. The molecule has 2 saturated heterocycles. The van der Waals surface area contributed by atoms with Crippen LogP contribution in [0.15, 0.2) is 24.3 Å². The Kier molecular flexibility index (Phi) is 4.01. The monoisotopic (exact) mass is 323 g/mol. The van der Waals surface area contributed by atoms with Crippen LogP contribution in [0.3, 0.4) is 0 Å². The molecule has 2 aliphatic heterocycles. The average molecular weight is 323 g/mol. The van der Waals surface area contributed by atoms with Crippen LogP contribution in [0.2, 0.25) is 0 Å². The first-order valence-electron chi connectivity index (χ1n) is 9.10. The molecule has 0 bridgehead atoms. The van der Waals surface area contributed by atoms with E-state index in [9.17, 15) is 4.79 Å². The lowest BCUT2D eigenvalue weighted by Crippen LogP contribution is -2.52. The maximum atomic E-state index is 13.4. The van der Waals surface area contributed by atoms with E-state index in [4.69, 9.17) is 4.98 Å². The molecule has 0 spiro atoms. The lowest BCUT2D eigenvalue weighted by molar-refractivity contribution is 0.0572. The first kappa shape index (κ1) is 15.6. The van der Waals surface area contributed by atoms with E-state index in [1.165, 1.54) is 19.4 Å². The van der Waals surface area contributed by atoms with Crippen molar-refractivity contribution in [2.45, 2.75) is 39.2 Å². The van der Waals surface area contributed by atoms with Crippen LogP contribution in [-0.4, -0.2) is 52.9 Å². The number of nitrogens with zero attached hydrogens (tertiary/aromatic N) is 3. The van der Waals surface area contributed by atoms with Crippen LogP contribution in [0.1, 0.15) is 41.4 Å². The maximum absolute atomic E-state index is 13.4. The summed E-state index contributed by atoms with van der Waals surface area (Å²) in [5, 5.41) is 0.992. The Balaban J connectivity index is 1.75. The second-order valence-electron chi connectivity index (χ2n) is 7.01. The molecule has 1 atom stereocenters. The summed E-state index contributed by atoms with van der Waals surface area (Å²) in [6.45, 7) is 8.08. The highest BCUT2D eigenvalue weighted by atomic mass is 16.2. The summed E-state index contributed by atoms with van der Waals surface area (Å²) in [6.07, 6.45) is 3.34. The molecular formula is C20H25N3O. The van der Waals surface area contributed by atoms with Crippen molar-refractivity contribution in [1.82, 2.24) is 14.8 Å². The first-order valence-corrected chi connectivity index (χ1v) is 9.10. The number of fused-ring (bicyclic) bond motifs is 2. The number of carbonyl (C=O) groups is 1. The number of amides is 1. The van der Waals surface area contributed by atoms with Gasteiger partial charge in [0.1, 0.15) is 0 Å². The van der Waals surface area contributed by atoms with E-state index >= 15 is 0 Å². The van der Waals surface area contributed by atoms with Gasteiger partial charge in [-0.25, -0.2) is 0 Å². The summed E-state index contributed by atoms with van der Waals surface area (Å²) < 4.78 is 0. The van der Waals surface area contributed by atoms with Crippen molar-refractivity contribution in [2.75, 3.05) is 26.2 Å². The third-order valence-corrected chi connectivity index (χ3v) is 5.66. The lowest BCUT2D eigenvalue weighted by Gasteiger charge is -2.38. The molecule has 0 N–H and O–H groups in total. The molecule has 4 rings (SSSR count). The number of hydrogen-bond acceptors (Lipinski definition) is 3. The Morgan fingerprint density at radius 1 is 1.25 bits per heavy atom. The summed E-state index contributed by atoms with van der Waals surface area (Å²) in [7, 11) is 0. The van der Waals surface area contributed by atoms with Gasteiger partial charge in [0.15, 0.2) is 0 Å². The molecule has 4 nitrogen and oxygen atoms in total. The normalized spacial score (nSPS) is 21.2. The molecule has 4 heteroatoms. The molecule has 3 heterocycles. The molecule has 2 aliphatic rings. The van der Waals surface area contributed by atoms with Crippen LogP contribution in [0.25, 0.3) is 10.9 Å². The quantitative estimate of drug-likeness (QED) is 0.852. The van der Waals surface area contributed by atoms with E-state index in [2.05, 4.69) is 23.6 Å². The standard InChI is InChI=1S/C20H25N3O/c1-3-17-14(2)19(16-8-4-5-9-18(16)21-17)20(24)23-12-11-22-10-6-7-15(22)13-23/h4-5,8-9,15H,3,6-7,10-13H2,1-2H3/t15-/m0/s1. The number of para-hydroxylation sites is 1. The summed E-state index contributed by atoms with van der Waals surface area (Å²) in [5.41, 5.74) is 3.89. The minimum atomic E-state index is 0.187. The van der Waals surface area contributed by atoms with Crippen molar-refractivity contribution >= 4 is 16.8 Å². The van der Waals surface area contributed by atoms with Gasteiger partial charge in [0.25, 0.3) is 5.91 Å². The van der Waals surface area contributed by atoms with E-state index in [1.54, 1.807) is 0 Å². The van der Waals surface area contributed by atoms with E-state index in [0.29, 0.717) is 6.04 Å².